The fourth-order valence-corrected chi connectivity index (χ4v) is 3.81. The van der Waals surface area contributed by atoms with E-state index in [2.05, 4.69) is 27.9 Å². The maximum atomic E-state index is 9.94. The molecule has 4 rings (SSSR count). The van der Waals surface area contributed by atoms with Gasteiger partial charge in [-0.15, -0.1) is 0 Å². The van der Waals surface area contributed by atoms with Gasteiger partial charge in [0.15, 0.2) is 0 Å². The summed E-state index contributed by atoms with van der Waals surface area (Å²) in [7, 11) is 0. The van der Waals surface area contributed by atoms with E-state index in [0.717, 1.165) is 23.6 Å². The molecule has 2 aromatic heterocycles. The summed E-state index contributed by atoms with van der Waals surface area (Å²) in [6.07, 6.45) is 0.840. The number of ether oxygens (including phenoxy) is 2. The van der Waals surface area contributed by atoms with Crippen LogP contribution in [-0.2, 0) is 4.74 Å². The molecule has 0 radical (unpaired) electrons. The summed E-state index contributed by atoms with van der Waals surface area (Å²) >= 11 is 0. The number of nitrogens with two attached hydrogens (primary N) is 1. The van der Waals surface area contributed by atoms with Gasteiger partial charge in [0.05, 0.1) is 42.7 Å². The summed E-state index contributed by atoms with van der Waals surface area (Å²) < 4.78 is 11.8. The molecule has 0 aliphatic carbocycles. The summed E-state index contributed by atoms with van der Waals surface area (Å²) in [6.45, 7) is 6.23. The summed E-state index contributed by atoms with van der Waals surface area (Å²) in [5, 5.41) is 19.4. The van der Waals surface area contributed by atoms with Gasteiger partial charge in [0.1, 0.15) is 17.3 Å². The highest BCUT2D eigenvalue weighted by atomic mass is 16.5. The number of aliphatic hydroxyl groups is 1. The van der Waals surface area contributed by atoms with Gasteiger partial charge in [-0.25, -0.2) is 4.98 Å². The molecule has 2 atom stereocenters. The quantitative estimate of drug-likeness (QED) is 0.593. The van der Waals surface area contributed by atoms with E-state index in [4.69, 9.17) is 15.2 Å². The molecule has 1 aliphatic heterocycles. The molecule has 1 unspecified atom stereocenters. The number of pyridine rings is 2. The maximum Gasteiger partial charge on any atom is 0.138 e. The van der Waals surface area contributed by atoms with Crippen molar-refractivity contribution in [2.45, 2.75) is 26.0 Å². The Kier molecular flexibility index (Phi) is 6.84. The number of hydrogen-bond donors (Lipinski definition) is 2. The van der Waals surface area contributed by atoms with Gasteiger partial charge < -0.3 is 25.2 Å². The van der Waals surface area contributed by atoms with E-state index in [1.54, 1.807) is 30.5 Å². The molecular weight excluding hydrogens is 418 g/mol. The molecule has 1 aliphatic rings. The Balaban J connectivity index is 1.69. The Labute approximate surface area is 193 Å². The smallest absolute Gasteiger partial charge is 0.138 e. The fraction of sp³-hybridized carbons (Fsp3) is 0.320. The van der Waals surface area contributed by atoms with Gasteiger partial charge in [-0.05, 0) is 38.1 Å². The number of hydrogen-bond acceptors (Lipinski definition) is 8. The van der Waals surface area contributed by atoms with Crippen LogP contribution in [0.2, 0.25) is 0 Å². The van der Waals surface area contributed by atoms with Crippen LogP contribution in [0.5, 0.6) is 11.5 Å². The molecule has 0 amide bonds. The summed E-state index contributed by atoms with van der Waals surface area (Å²) in [4.78, 5) is 11.4. The molecule has 8 heteroatoms. The lowest BCUT2D eigenvalue weighted by atomic mass is 10.1. The molecule has 3 N–H and O–H groups in total. The van der Waals surface area contributed by atoms with Crippen LogP contribution in [0, 0.1) is 18.3 Å². The number of anilines is 1. The van der Waals surface area contributed by atoms with Gasteiger partial charge in [-0.3, -0.25) is 4.98 Å². The number of nitriles is 1. The monoisotopic (exact) mass is 445 g/mol. The van der Waals surface area contributed by atoms with Crippen molar-refractivity contribution in [3.8, 4) is 28.8 Å². The van der Waals surface area contributed by atoms with Crippen molar-refractivity contribution in [2.75, 3.05) is 31.2 Å². The highest BCUT2D eigenvalue weighted by Crippen LogP contribution is 2.35. The lowest BCUT2D eigenvalue weighted by molar-refractivity contribution is 0.0985. The predicted octanol–water partition coefficient (Wildman–Crippen LogP) is 3.33. The van der Waals surface area contributed by atoms with Crippen molar-refractivity contribution in [1.29, 1.82) is 5.26 Å². The minimum absolute atomic E-state index is 0.123. The molecule has 0 bridgehead atoms. The number of aryl methyl sites for hydroxylation is 1. The molecule has 0 spiro atoms. The second kappa shape index (κ2) is 9.96. The normalized spacial score (nSPS) is 16.8. The first kappa shape index (κ1) is 22.7. The second-order valence-electron chi connectivity index (χ2n) is 8.07. The van der Waals surface area contributed by atoms with E-state index in [1.807, 2.05) is 25.1 Å². The van der Waals surface area contributed by atoms with E-state index in [-0.39, 0.29) is 12.6 Å². The zero-order chi connectivity index (χ0) is 23.4. The molecule has 3 heterocycles. The number of morpholine rings is 1. The van der Waals surface area contributed by atoms with Crippen LogP contribution in [0.3, 0.4) is 0 Å². The van der Waals surface area contributed by atoms with Crippen LogP contribution >= 0.6 is 0 Å². The zero-order valence-electron chi connectivity index (χ0n) is 18.7. The molecule has 170 valence electrons. The third-order valence-electron chi connectivity index (χ3n) is 5.58. The molecule has 1 fully saturated rings. The Morgan fingerprint density at radius 2 is 2.15 bits per heavy atom. The minimum Gasteiger partial charge on any atom is -0.456 e. The minimum atomic E-state index is -0.760. The van der Waals surface area contributed by atoms with E-state index in [9.17, 15) is 10.4 Å². The van der Waals surface area contributed by atoms with E-state index in [0.29, 0.717) is 41.5 Å². The van der Waals surface area contributed by atoms with Crippen molar-refractivity contribution in [3.05, 3.63) is 65.5 Å². The van der Waals surface area contributed by atoms with Crippen LogP contribution in [0.15, 0.2) is 48.7 Å². The summed E-state index contributed by atoms with van der Waals surface area (Å²) in [6, 6.07) is 15.0. The Morgan fingerprint density at radius 3 is 2.85 bits per heavy atom. The average Bonchev–Trinajstić information content (AvgIpc) is 2.83. The second-order valence-corrected chi connectivity index (χ2v) is 8.07. The first-order valence-electron chi connectivity index (χ1n) is 10.9. The maximum absolute atomic E-state index is 9.94. The molecule has 0 saturated carbocycles. The Hall–Kier alpha value is -3.51. The lowest BCUT2D eigenvalue weighted by Crippen LogP contribution is -2.44. The van der Waals surface area contributed by atoms with Crippen LogP contribution in [-0.4, -0.2) is 47.4 Å². The first-order valence-corrected chi connectivity index (χ1v) is 10.9. The van der Waals surface area contributed by atoms with E-state index >= 15 is 0 Å². The topological polar surface area (TPSA) is 118 Å². The average molecular weight is 446 g/mol. The van der Waals surface area contributed by atoms with Crippen molar-refractivity contribution in [1.82, 2.24) is 9.97 Å². The fourth-order valence-electron chi connectivity index (χ4n) is 3.81. The highest BCUT2D eigenvalue weighted by molar-refractivity contribution is 5.69. The number of aliphatic hydroxyl groups excluding tert-OH is 1. The van der Waals surface area contributed by atoms with Gasteiger partial charge in [0, 0.05) is 48.2 Å². The van der Waals surface area contributed by atoms with Crippen molar-refractivity contribution in [3.63, 3.8) is 0 Å². The lowest BCUT2D eigenvalue weighted by Gasteiger charge is -2.34. The van der Waals surface area contributed by atoms with E-state index in [1.165, 1.54) is 0 Å². The number of benzene rings is 1. The van der Waals surface area contributed by atoms with Gasteiger partial charge in [0.25, 0.3) is 0 Å². The molecule has 1 saturated heterocycles. The number of aromatic nitrogens is 2. The first-order chi connectivity index (χ1) is 16.0. The molecule has 3 aromatic rings. The zero-order valence-corrected chi connectivity index (χ0v) is 18.7. The van der Waals surface area contributed by atoms with Gasteiger partial charge in [-0.1, -0.05) is 6.07 Å². The standard InChI is InChI=1S/C25H27N5O3/c1-16-9-20(11-25(29-16)30-7-8-32-15-17(30)2)33-24-10-18(12-26)3-5-21(24)22-6-4-19(14-28-22)23(31)13-27/h3-6,9-11,14,17,23,31H,7-8,13,15,27H2,1-2H3/t17-,23?/m1/s1. The van der Waals surface area contributed by atoms with E-state index < -0.39 is 6.10 Å². The Morgan fingerprint density at radius 1 is 1.30 bits per heavy atom. The van der Waals surface area contributed by atoms with Gasteiger partial charge >= 0.3 is 0 Å². The molecular formula is C25H27N5O3. The van der Waals surface area contributed by atoms with Crippen molar-refractivity contribution >= 4 is 5.82 Å². The predicted molar refractivity (Wildman–Crippen MR) is 125 cm³/mol. The van der Waals surface area contributed by atoms with Crippen LogP contribution in [0.25, 0.3) is 11.3 Å². The van der Waals surface area contributed by atoms with Crippen molar-refractivity contribution < 1.29 is 14.6 Å². The number of nitrogens with zero attached hydrogens (tertiary/aromatic N) is 4. The summed E-state index contributed by atoms with van der Waals surface area (Å²) in [5.74, 6) is 1.97. The van der Waals surface area contributed by atoms with Gasteiger partial charge in [-0.2, -0.15) is 5.26 Å². The molecule has 33 heavy (non-hydrogen) atoms. The van der Waals surface area contributed by atoms with Gasteiger partial charge in [0.2, 0.25) is 0 Å². The highest BCUT2D eigenvalue weighted by Gasteiger charge is 2.21. The van der Waals surface area contributed by atoms with Crippen molar-refractivity contribution in [2.24, 2.45) is 5.73 Å². The number of rotatable bonds is 6. The third kappa shape index (κ3) is 5.12. The SMILES string of the molecule is Cc1cc(Oc2cc(C#N)ccc2-c2ccc(C(O)CN)cn2)cc(N2CCOC[C@H]2C)n1. The van der Waals surface area contributed by atoms with Crippen LogP contribution in [0.1, 0.15) is 29.8 Å². The molecule has 1 aromatic carbocycles. The summed E-state index contributed by atoms with van der Waals surface area (Å²) in [5.41, 5.74) is 8.89. The largest absolute Gasteiger partial charge is 0.456 e. The van der Waals surface area contributed by atoms with Crippen LogP contribution in [0.4, 0.5) is 5.82 Å². The van der Waals surface area contributed by atoms with Crippen LogP contribution < -0.4 is 15.4 Å². The third-order valence-corrected chi connectivity index (χ3v) is 5.58. The Bertz CT molecular complexity index is 1160. The molecule has 8 nitrogen and oxygen atoms in total.